The zero-order valence-corrected chi connectivity index (χ0v) is 13.4. The van der Waals surface area contributed by atoms with Crippen LogP contribution in [0.25, 0.3) is 0 Å². The van der Waals surface area contributed by atoms with E-state index in [0.29, 0.717) is 23.9 Å². The standard InChI is InChI=1S/C16H28N4/c1-11(2)15-10-20(16(8-19-15)12(3)4)9-14-7-17-13(5)6-18-14/h6-7,11-12,15-16,19H,8-10H2,1-5H3. The van der Waals surface area contributed by atoms with Gasteiger partial charge in [-0.15, -0.1) is 0 Å². The molecule has 1 aromatic heterocycles. The summed E-state index contributed by atoms with van der Waals surface area (Å²) in [7, 11) is 0. The zero-order valence-electron chi connectivity index (χ0n) is 13.4. The first kappa shape index (κ1) is 15.4. The molecule has 1 N–H and O–H groups in total. The molecule has 0 amide bonds. The van der Waals surface area contributed by atoms with E-state index in [1.807, 2.05) is 19.3 Å². The monoisotopic (exact) mass is 276 g/mol. The van der Waals surface area contributed by atoms with E-state index in [4.69, 9.17) is 0 Å². The Kier molecular flexibility index (Phi) is 5.11. The second-order valence-electron chi connectivity index (χ2n) is 6.65. The lowest BCUT2D eigenvalue weighted by atomic mass is 9.94. The SMILES string of the molecule is Cc1cnc(CN2CC(C(C)C)NCC2C(C)C)cn1. The highest BCUT2D eigenvalue weighted by molar-refractivity contribution is 5.02. The van der Waals surface area contributed by atoms with Gasteiger partial charge in [0.25, 0.3) is 0 Å². The van der Waals surface area contributed by atoms with Crippen LogP contribution in [0.1, 0.15) is 39.1 Å². The highest BCUT2D eigenvalue weighted by Gasteiger charge is 2.31. The minimum Gasteiger partial charge on any atom is -0.311 e. The number of nitrogens with one attached hydrogen (secondary N) is 1. The summed E-state index contributed by atoms with van der Waals surface area (Å²) in [5, 5.41) is 3.70. The fourth-order valence-electron chi connectivity index (χ4n) is 2.85. The number of nitrogens with zero attached hydrogens (tertiary/aromatic N) is 3. The van der Waals surface area contributed by atoms with Crippen LogP contribution in [0.2, 0.25) is 0 Å². The van der Waals surface area contributed by atoms with Crippen LogP contribution in [-0.4, -0.2) is 40.0 Å². The summed E-state index contributed by atoms with van der Waals surface area (Å²) in [6.45, 7) is 14.2. The van der Waals surface area contributed by atoms with E-state index in [0.717, 1.165) is 31.0 Å². The second-order valence-corrected chi connectivity index (χ2v) is 6.65. The molecule has 0 spiro atoms. The molecule has 112 valence electrons. The quantitative estimate of drug-likeness (QED) is 0.915. The van der Waals surface area contributed by atoms with Crippen molar-refractivity contribution in [2.45, 2.75) is 53.2 Å². The van der Waals surface area contributed by atoms with Crippen molar-refractivity contribution in [2.75, 3.05) is 13.1 Å². The molecule has 20 heavy (non-hydrogen) atoms. The first-order chi connectivity index (χ1) is 9.47. The molecule has 0 aliphatic carbocycles. The fraction of sp³-hybridized carbons (Fsp3) is 0.750. The molecule has 2 atom stereocenters. The molecule has 1 aliphatic heterocycles. The molecular weight excluding hydrogens is 248 g/mol. The van der Waals surface area contributed by atoms with Crippen LogP contribution in [0.3, 0.4) is 0 Å². The maximum absolute atomic E-state index is 4.51. The Morgan fingerprint density at radius 1 is 1.20 bits per heavy atom. The van der Waals surface area contributed by atoms with Crippen molar-refractivity contribution in [1.82, 2.24) is 20.2 Å². The third-order valence-electron chi connectivity index (χ3n) is 4.26. The van der Waals surface area contributed by atoms with E-state index in [-0.39, 0.29) is 0 Å². The van der Waals surface area contributed by atoms with Crippen LogP contribution >= 0.6 is 0 Å². The van der Waals surface area contributed by atoms with Gasteiger partial charge in [-0.1, -0.05) is 27.7 Å². The van der Waals surface area contributed by atoms with Gasteiger partial charge < -0.3 is 5.32 Å². The average molecular weight is 276 g/mol. The third-order valence-corrected chi connectivity index (χ3v) is 4.26. The summed E-state index contributed by atoms with van der Waals surface area (Å²) in [5.74, 6) is 1.31. The van der Waals surface area contributed by atoms with Crippen molar-refractivity contribution < 1.29 is 0 Å². The first-order valence-corrected chi connectivity index (χ1v) is 7.72. The van der Waals surface area contributed by atoms with Crippen LogP contribution in [0.4, 0.5) is 0 Å². The van der Waals surface area contributed by atoms with E-state index in [1.165, 1.54) is 0 Å². The van der Waals surface area contributed by atoms with Crippen LogP contribution in [0.5, 0.6) is 0 Å². The van der Waals surface area contributed by atoms with E-state index < -0.39 is 0 Å². The van der Waals surface area contributed by atoms with Crippen molar-refractivity contribution in [3.8, 4) is 0 Å². The van der Waals surface area contributed by atoms with E-state index >= 15 is 0 Å². The molecule has 0 saturated carbocycles. The number of aromatic nitrogens is 2. The van der Waals surface area contributed by atoms with Gasteiger partial charge in [0.05, 0.1) is 11.4 Å². The first-order valence-electron chi connectivity index (χ1n) is 7.72. The van der Waals surface area contributed by atoms with Gasteiger partial charge in [0.15, 0.2) is 0 Å². The van der Waals surface area contributed by atoms with Gasteiger partial charge in [-0.25, -0.2) is 0 Å². The summed E-state index contributed by atoms with van der Waals surface area (Å²) >= 11 is 0. The summed E-state index contributed by atoms with van der Waals surface area (Å²) in [6.07, 6.45) is 3.78. The second kappa shape index (κ2) is 6.64. The van der Waals surface area contributed by atoms with Gasteiger partial charge >= 0.3 is 0 Å². The van der Waals surface area contributed by atoms with Gasteiger partial charge in [0, 0.05) is 44.1 Å². The predicted molar refractivity (Wildman–Crippen MR) is 82.4 cm³/mol. The summed E-state index contributed by atoms with van der Waals surface area (Å²) < 4.78 is 0. The largest absolute Gasteiger partial charge is 0.311 e. The van der Waals surface area contributed by atoms with E-state index in [1.54, 1.807) is 0 Å². The van der Waals surface area contributed by atoms with Crippen LogP contribution in [0, 0.1) is 18.8 Å². The third kappa shape index (κ3) is 3.76. The molecule has 0 bridgehead atoms. The summed E-state index contributed by atoms with van der Waals surface area (Å²) in [6, 6.07) is 1.15. The number of aryl methyl sites for hydroxylation is 1. The van der Waals surface area contributed by atoms with Crippen molar-refractivity contribution in [1.29, 1.82) is 0 Å². The van der Waals surface area contributed by atoms with Crippen LogP contribution < -0.4 is 5.32 Å². The number of hydrogen-bond donors (Lipinski definition) is 1. The Bertz CT molecular complexity index is 413. The van der Waals surface area contributed by atoms with Crippen LogP contribution in [0.15, 0.2) is 12.4 Å². The molecule has 1 fully saturated rings. The lowest BCUT2D eigenvalue weighted by Crippen LogP contribution is -2.59. The van der Waals surface area contributed by atoms with Gasteiger partial charge in [-0.05, 0) is 18.8 Å². The molecular formula is C16H28N4. The van der Waals surface area contributed by atoms with Crippen molar-refractivity contribution in [3.05, 3.63) is 23.8 Å². The lowest BCUT2D eigenvalue weighted by molar-refractivity contribution is 0.0771. The van der Waals surface area contributed by atoms with Crippen molar-refractivity contribution in [2.24, 2.45) is 11.8 Å². The average Bonchev–Trinajstić information content (AvgIpc) is 2.41. The molecule has 1 aliphatic rings. The topological polar surface area (TPSA) is 41.1 Å². The van der Waals surface area contributed by atoms with Gasteiger partial charge in [-0.2, -0.15) is 0 Å². The Balaban J connectivity index is 2.08. The van der Waals surface area contributed by atoms with E-state index in [2.05, 4.69) is 47.9 Å². The van der Waals surface area contributed by atoms with E-state index in [9.17, 15) is 0 Å². The highest BCUT2D eigenvalue weighted by Crippen LogP contribution is 2.20. The molecule has 4 heteroatoms. The molecule has 1 aromatic rings. The maximum atomic E-state index is 4.51. The summed E-state index contributed by atoms with van der Waals surface area (Å²) in [4.78, 5) is 11.4. The fourth-order valence-corrected chi connectivity index (χ4v) is 2.85. The van der Waals surface area contributed by atoms with Gasteiger partial charge in [0.1, 0.15) is 0 Å². The van der Waals surface area contributed by atoms with Gasteiger partial charge in [0.2, 0.25) is 0 Å². The van der Waals surface area contributed by atoms with Crippen LogP contribution in [-0.2, 0) is 6.54 Å². The molecule has 2 rings (SSSR count). The Morgan fingerprint density at radius 3 is 2.50 bits per heavy atom. The zero-order chi connectivity index (χ0) is 14.7. The Labute approximate surface area is 123 Å². The minimum atomic E-state index is 0.573. The minimum absolute atomic E-state index is 0.573. The molecule has 1 saturated heterocycles. The molecule has 4 nitrogen and oxygen atoms in total. The number of hydrogen-bond acceptors (Lipinski definition) is 4. The Hall–Kier alpha value is -1.00. The maximum Gasteiger partial charge on any atom is 0.0727 e. The highest BCUT2D eigenvalue weighted by atomic mass is 15.2. The smallest absolute Gasteiger partial charge is 0.0727 e. The van der Waals surface area contributed by atoms with Crippen molar-refractivity contribution >= 4 is 0 Å². The predicted octanol–water partition coefficient (Wildman–Crippen LogP) is 2.24. The molecule has 0 radical (unpaired) electrons. The number of piperazine rings is 1. The van der Waals surface area contributed by atoms with Gasteiger partial charge in [-0.3, -0.25) is 14.9 Å². The normalized spacial score (nSPS) is 24.6. The summed E-state index contributed by atoms with van der Waals surface area (Å²) in [5.41, 5.74) is 2.06. The number of rotatable bonds is 4. The molecule has 2 heterocycles. The van der Waals surface area contributed by atoms with Crippen molar-refractivity contribution in [3.63, 3.8) is 0 Å². The Morgan fingerprint density at radius 2 is 1.95 bits per heavy atom. The lowest BCUT2D eigenvalue weighted by Gasteiger charge is -2.43. The molecule has 0 aromatic carbocycles. The molecule has 2 unspecified atom stereocenters.